The molecule has 0 aliphatic carbocycles. The van der Waals surface area contributed by atoms with Crippen molar-refractivity contribution >= 4 is 23.5 Å². The molecule has 8 nitrogen and oxygen atoms in total. The van der Waals surface area contributed by atoms with Crippen molar-refractivity contribution in [3.05, 3.63) is 54.6 Å². The Morgan fingerprint density at radius 1 is 1.25 bits per heavy atom. The molecule has 3 aliphatic rings. The number of hydrogen-bond acceptors (Lipinski definition) is 6. The molecule has 6 atom stereocenters. The fourth-order valence-electron chi connectivity index (χ4n) is 7.15. The van der Waals surface area contributed by atoms with E-state index in [2.05, 4.69) is 13.2 Å². The number of ether oxygens (including phenoxy) is 2. The summed E-state index contributed by atoms with van der Waals surface area (Å²) in [7, 11) is 0. The van der Waals surface area contributed by atoms with Gasteiger partial charge in [-0.1, -0.05) is 44.2 Å². The van der Waals surface area contributed by atoms with Gasteiger partial charge in [0, 0.05) is 12.2 Å². The molecule has 3 heterocycles. The average Bonchev–Trinajstić information content (AvgIpc) is 3.56. The number of para-hydroxylation sites is 1. The first-order chi connectivity index (χ1) is 19.1. The Labute approximate surface area is 238 Å². The van der Waals surface area contributed by atoms with Crippen LogP contribution in [-0.2, 0) is 23.9 Å². The van der Waals surface area contributed by atoms with E-state index in [-0.39, 0.29) is 37.5 Å². The van der Waals surface area contributed by atoms with Gasteiger partial charge < -0.3 is 24.4 Å². The van der Waals surface area contributed by atoms with Gasteiger partial charge in [0.1, 0.15) is 11.6 Å². The van der Waals surface area contributed by atoms with Crippen LogP contribution in [0.5, 0.6) is 0 Å². The first-order valence-electron chi connectivity index (χ1n) is 14.5. The second kappa shape index (κ2) is 12.3. The number of anilines is 1. The Balaban J connectivity index is 1.79. The minimum Gasteiger partial charge on any atom is -0.465 e. The zero-order chi connectivity index (χ0) is 29.2. The number of hydrogen-bond donors (Lipinski definition) is 1. The van der Waals surface area contributed by atoms with Crippen LogP contribution in [-0.4, -0.2) is 71.3 Å². The maximum Gasteiger partial charge on any atom is 0.312 e. The Morgan fingerprint density at radius 2 is 1.95 bits per heavy atom. The van der Waals surface area contributed by atoms with E-state index < -0.39 is 41.6 Å². The molecular formula is C32H44N2O6. The number of fused-ring (bicyclic) bond motifs is 1. The predicted molar refractivity (Wildman–Crippen MR) is 154 cm³/mol. The first kappa shape index (κ1) is 30.0. The van der Waals surface area contributed by atoms with Gasteiger partial charge in [0.15, 0.2) is 0 Å². The molecule has 3 saturated heterocycles. The molecule has 4 rings (SSSR count). The number of carbonyl (C=O) groups is 3. The molecule has 1 N–H and O–H groups in total. The number of nitrogens with zero attached hydrogens (tertiary/aromatic N) is 2. The number of amides is 2. The Kier molecular flexibility index (Phi) is 9.20. The molecule has 1 aromatic carbocycles. The fraction of sp³-hybridized carbons (Fsp3) is 0.594. The fourth-order valence-corrected chi connectivity index (χ4v) is 7.15. The lowest BCUT2D eigenvalue weighted by molar-refractivity contribution is -0.156. The van der Waals surface area contributed by atoms with Crippen LogP contribution < -0.4 is 4.90 Å². The lowest BCUT2D eigenvalue weighted by atomic mass is 9.70. The van der Waals surface area contributed by atoms with E-state index in [4.69, 9.17) is 9.47 Å². The van der Waals surface area contributed by atoms with Gasteiger partial charge >= 0.3 is 5.97 Å². The summed E-state index contributed by atoms with van der Waals surface area (Å²) in [6, 6.07) is 4.29. The molecule has 0 radical (unpaired) electrons. The number of esters is 1. The van der Waals surface area contributed by atoms with E-state index >= 15 is 0 Å². The van der Waals surface area contributed by atoms with Crippen LogP contribution in [0.2, 0.25) is 0 Å². The third kappa shape index (κ3) is 5.12. The number of aliphatic hydroxyl groups is 1. The van der Waals surface area contributed by atoms with Crippen molar-refractivity contribution in [1.29, 1.82) is 0 Å². The van der Waals surface area contributed by atoms with Crippen molar-refractivity contribution in [3.8, 4) is 0 Å². The zero-order valence-corrected chi connectivity index (χ0v) is 24.3. The number of unbranched alkanes of at least 4 members (excludes halogenated alkanes) is 1. The van der Waals surface area contributed by atoms with E-state index in [1.807, 2.05) is 45.9 Å². The summed E-state index contributed by atoms with van der Waals surface area (Å²) in [5.41, 5.74) is 1.47. The summed E-state index contributed by atoms with van der Waals surface area (Å²) in [5.74, 6) is -2.49. The lowest BCUT2D eigenvalue weighted by Gasteiger charge is -2.40. The van der Waals surface area contributed by atoms with Crippen molar-refractivity contribution in [3.63, 3.8) is 0 Å². The Bertz CT molecular complexity index is 1130. The van der Waals surface area contributed by atoms with Gasteiger partial charge in [0.25, 0.3) is 5.91 Å². The quantitative estimate of drug-likeness (QED) is 0.225. The standard InChI is InChI=1S/C32H44N2O6/c1-7-9-10-17-39-31(38)25-24-14-15-32(40-24)26(25)29(36)34(23(19-35)18-20(3)4)28(32)30(37)33(16-8-2)27-21(5)12-11-13-22(27)6/h7-8,11-13,20,23-26,28,35H,1-2,9-10,14-19H2,3-6H3/t23-,24-,25+,26+,28?,32?/m1/s1. The number of likely N-dealkylation sites (tertiary alicyclic amines) is 1. The molecule has 1 aromatic rings. The molecule has 2 bridgehead atoms. The first-order valence-corrected chi connectivity index (χ1v) is 14.5. The predicted octanol–water partition coefficient (Wildman–Crippen LogP) is 4.11. The summed E-state index contributed by atoms with van der Waals surface area (Å²) in [5, 5.41) is 10.5. The Morgan fingerprint density at radius 3 is 2.55 bits per heavy atom. The number of allylic oxidation sites excluding steroid dienone is 1. The van der Waals surface area contributed by atoms with Gasteiger partial charge in [-0.2, -0.15) is 0 Å². The van der Waals surface area contributed by atoms with Crippen molar-refractivity contribution in [2.24, 2.45) is 17.8 Å². The van der Waals surface area contributed by atoms with Crippen molar-refractivity contribution in [2.45, 2.75) is 83.6 Å². The van der Waals surface area contributed by atoms with Crippen LogP contribution in [0, 0.1) is 31.6 Å². The number of benzene rings is 1. The average molecular weight is 553 g/mol. The number of aliphatic hydroxyl groups excluding tert-OH is 1. The normalized spacial score (nSPS) is 27.6. The molecule has 40 heavy (non-hydrogen) atoms. The van der Waals surface area contributed by atoms with E-state index in [9.17, 15) is 19.5 Å². The topological polar surface area (TPSA) is 96.4 Å². The largest absolute Gasteiger partial charge is 0.465 e. The van der Waals surface area contributed by atoms with E-state index in [0.29, 0.717) is 25.7 Å². The minimum atomic E-state index is -1.16. The van der Waals surface area contributed by atoms with Crippen LogP contribution >= 0.6 is 0 Å². The van der Waals surface area contributed by atoms with Gasteiger partial charge in [-0.25, -0.2) is 0 Å². The van der Waals surface area contributed by atoms with Crippen molar-refractivity contribution in [1.82, 2.24) is 4.90 Å². The SMILES string of the molecule is C=CCCCOC(=O)[C@@H]1[C@H]2C(=O)N([C@@H](CO)CC(C)C)C(C(=O)N(CC=C)c3c(C)cccc3C)C23CC[C@H]1O3. The highest BCUT2D eigenvalue weighted by atomic mass is 16.6. The maximum atomic E-state index is 14.7. The van der Waals surface area contributed by atoms with Crippen LogP contribution in [0.25, 0.3) is 0 Å². The van der Waals surface area contributed by atoms with Gasteiger partial charge in [-0.05, 0) is 63.0 Å². The number of rotatable bonds is 13. The van der Waals surface area contributed by atoms with Gasteiger partial charge in [-0.3, -0.25) is 14.4 Å². The summed E-state index contributed by atoms with van der Waals surface area (Å²) >= 11 is 0. The second-order valence-corrected chi connectivity index (χ2v) is 11.8. The van der Waals surface area contributed by atoms with E-state index in [1.54, 1.807) is 22.0 Å². The second-order valence-electron chi connectivity index (χ2n) is 11.8. The van der Waals surface area contributed by atoms with Crippen molar-refractivity contribution in [2.75, 3.05) is 24.7 Å². The summed E-state index contributed by atoms with van der Waals surface area (Å²) < 4.78 is 12.2. The minimum absolute atomic E-state index is 0.171. The molecule has 3 fully saturated rings. The molecule has 0 aromatic heterocycles. The third-order valence-electron chi connectivity index (χ3n) is 8.68. The van der Waals surface area contributed by atoms with Gasteiger partial charge in [0.05, 0.1) is 37.2 Å². The molecule has 2 amide bonds. The highest BCUT2D eigenvalue weighted by Gasteiger charge is 2.75. The van der Waals surface area contributed by atoms with Gasteiger partial charge in [0.2, 0.25) is 5.91 Å². The van der Waals surface area contributed by atoms with Gasteiger partial charge in [-0.15, -0.1) is 13.2 Å². The van der Waals surface area contributed by atoms with E-state index in [0.717, 1.165) is 23.2 Å². The van der Waals surface area contributed by atoms with Crippen molar-refractivity contribution < 1.29 is 29.0 Å². The van der Waals surface area contributed by atoms with Crippen LogP contribution in [0.3, 0.4) is 0 Å². The molecule has 1 spiro atoms. The summed E-state index contributed by atoms with van der Waals surface area (Å²) in [6.45, 7) is 15.7. The summed E-state index contributed by atoms with van der Waals surface area (Å²) in [4.78, 5) is 45.7. The smallest absolute Gasteiger partial charge is 0.312 e. The van der Waals surface area contributed by atoms with Crippen LogP contribution in [0.15, 0.2) is 43.5 Å². The molecule has 2 unspecified atom stereocenters. The molecule has 3 aliphatic heterocycles. The molecular weight excluding hydrogens is 508 g/mol. The number of carbonyl (C=O) groups excluding carboxylic acids is 3. The van der Waals surface area contributed by atoms with Crippen LogP contribution in [0.4, 0.5) is 5.69 Å². The summed E-state index contributed by atoms with van der Waals surface area (Å²) in [6.07, 6.45) is 5.89. The maximum absolute atomic E-state index is 14.7. The van der Waals surface area contributed by atoms with E-state index in [1.165, 1.54) is 0 Å². The van der Waals surface area contributed by atoms with Crippen LogP contribution in [0.1, 0.15) is 57.1 Å². The molecule has 0 saturated carbocycles. The lowest BCUT2D eigenvalue weighted by Crippen LogP contribution is -2.59. The molecule has 8 heteroatoms. The third-order valence-corrected chi connectivity index (χ3v) is 8.68. The monoisotopic (exact) mass is 552 g/mol. The Hall–Kier alpha value is -2.97. The zero-order valence-electron chi connectivity index (χ0n) is 24.3. The highest BCUT2D eigenvalue weighted by molar-refractivity contribution is 6.05. The highest BCUT2D eigenvalue weighted by Crippen LogP contribution is 2.59. The number of aryl methyl sites for hydroxylation is 2. The molecule has 218 valence electrons.